The normalized spacial score (nSPS) is 11.0. The molecule has 1 aromatic carbocycles. The lowest BCUT2D eigenvalue weighted by Gasteiger charge is -2.30. The molecule has 0 aliphatic heterocycles. The zero-order valence-electron chi connectivity index (χ0n) is 15.3. The Kier molecular flexibility index (Phi) is 5.90. The summed E-state index contributed by atoms with van der Waals surface area (Å²) in [5.74, 6) is -0.882. The van der Waals surface area contributed by atoms with E-state index < -0.39 is 5.97 Å². The number of aromatic nitrogens is 3. The predicted octanol–water partition coefficient (Wildman–Crippen LogP) is 2.38. The molecule has 2 rings (SSSR count). The van der Waals surface area contributed by atoms with Gasteiger partial charge in [-0.1, -0.05) is 18.2 Å². The summed E-state index contributed by atoms with van der Waals surface area (Å²) < 4.78 is 5.16. The van der Waals surface area contributed by atoms with Crippen molar-refractivity contribution in [3.63, 3.8) is 0 Å². The van der Waals surface area contributed by atoms with E-state index in [4.69, 9.17) is 4.74 Å². The van der Waals surface area contributed by atoms with Gasteiger partial charge in [0.05, 0.1) is 11.4 Å². The summed E-state index contributed by atoms with van der Waals surface area (Å²) in [5, 5.41) is 8.41. The van der Waals surface area contributed by atoms with Gasteiger partial charge < -0.3 is 9.64 Å². The molecular formula is C18H24N4O3. The van der Waals surface area contributed by atoms with Crippen molar-refractivity contribution in [1.82, 2.24) is 19.9 Å². The molecule has 1 amide bonds. The Hall–Kier alpha value is -2.70. The summed E-state index contributed by atoms with van der Waals surface area (Å²) in [6.45, 7) is 9.07. The van der Waals surface area contributed by atoms with E-state index in [9.17, 15) is 9.59 Å². The Morgan fingerprint density at radius 2 is 1.68 bits per heavy atom. The average Bonchev–Trinajstić information content (AvgIpc) is 2.94. The third-order valence-corrected chi connectivity index (χ3v) is 3.69. The molecule has 0 atom stereocenters. The molecule has 1 heterocycles. The topological polar surface area (TPSA) is 77.3 Å². The van der Waals surface area contributed by atoms with E-state index in [0.29, 0.717) is 5.69 Å². The highest BCUT2D eigenvalue weighted by Gasteiger charge is 2.23. The summed E-state index contributed by atoms with van der Waals surface area (Å²) in [6.07, 6.45) is 0. The molecular weight excluding hydrogens is 320 g/mol. The number of nitrogens with zero attached hydrogens (tertiary/aromatic N) is 4. The first-order valence-corrected chi connectivity index (χ1v) is 8.29. The van der Waals surface area contributed by atoms with Crippen molar-refractivity contribution in [2.75, 3.05) is 6.61 Å². The second kappa shape index (κ2) is 7.92. The van der Waals surface area contributed by atoms with Crippen LogP contribution in [0.2, 0.25) is 0 Å². The third-order valence-electron chi connectivity index (χ3n) is 3.69. The number of amides is 1. The van der Waals surface area contributed by atoms with Crippen molar-refractivity contribution in [2.45, 2.75) is 46.7 Å². The predicted molar refractivity (Wildman–Crippen MR) is 93.5 cm³/mol. The number of para-hydroxylation sites is 1. The standard InChI is InChI=1S/C18H24N4O3/c1-12(2)21(13(3)4)16(23)11-25-18(24)17-14(5)19-22(20-17)15-9-7-6-8-10-15/h6-10,12-13H,11H2,1-5H3. The lowest BCUT2D eigenvalue weighted by Crippen LogP contribution is -2.44. The summed E-state index contributed by atoms with van der Waals surface area (Å²) in [6, 6.07) is 9.34. The van der Waals surface area contributed by atoms with Gasteiger partial charge in [0, 0.05) is 12.1 Å². The van der Waals surface area contributed by atoms with E-state index in [-0.39, 0.29) is 30.3 Å². The fraction of sp³-hybridized carbons (Fsp3) is 0.444. The van der Waals surface area contributed by atoms with Crippen molar-refractivity contribution in [1.29, 1.82) is 0 Å². The van der Waals surface area contributed by atoms with Gasteiger partial charge in [-0.3, -0.25) is 4.79 Å². The largest absolute Gasteiger partial charge is 0.451 e. The lowest BCUT2D eigenvalue weighted by atomic mass is 10.2. The number of benzene rings is 1. The van der Waals surface area contributed by atoms with Crippen LogP contribution in [0.1, 0.15) is 43.9 Å². The first-order valence-electron chi connectivity index (χ1n) is 8.29. The van der Waals surface area contributed by atoms with Crippen LogP contribution in [0.4, 0.5) is 0 Å². The van der Waals surface area contributed by atoms with Crippen LogP contribution in [0.3, 0.4) is 0 Å². The Morgan fingerprint density at radius 1 is 1.08 bits per heavy atom. The van der Waals surface area contributed by atoms with Crippen molar-refractivity contribution in [2.24, 2.45) is 0 Å². The van der Waals surface area contributed by atoms with E-state index in [1.807, 2.05) is 58.0 Å². The molecule has 1 aromatic heterocycles. The first kappa shape index (κ1) is 18.6. The van der Waals surface area contributed by atoms with Gasteiger partial charge in [-0.2, -0.15) is 9.90 Å². The van der Waals surface area contributed by atoms with Crippen LogP contribution in [0, 0.1) is 6.92 Å². The van der Waals surface area contributed by atoms with Crippen LogP contribution in [-0.4, -0.2) is 50.5 Å². The van der Waals surface area contributed by atoms with Gasteiger partial charge >= 0.3 is 5.97 Å². The van der Waals surface area contributed by atoms with E-state index in [0.717, 1.165) is 5.69 Å². The Bertz CT molecular complexity index is 730. The smallest absolute Gasteiger partial charge is 0.361 e. The Labute approximate surface area is 147 Å². The average molecular weight is 344 g/mol. The highest BCUT2D eigenvalue weighted by molar-refractivity contribution is 5.90. The molecule has 0 unspecified atom stereocenters. The molecule has 0 fully saturated rings. The fourth-order valence-corrected chi connectivity index (χ4v) is 2.69. The number of esters is 1. The molecule has 2 aromatic rings. The summed E-state index contributed by atoms with van der Waals surface area (Å²) in [5.41, 5.74) is 1.30. The molecule has 0 saturated carbocycles. The van der Waals surface area contributed by atoms with E-state index in [2.05, 4.69) is 10.2 Å². The molecule has 0 spiro atoms. The van der Waals surface area contributed by atoms with Crippen LogP contribution >= 0.6 is 0 Å². The number of carbonyl (C=O) groups excluding carboxylic acids is 2. The zero-order chi connectivity index (χ0) is 18.6. The van der Waals surface area contributed by atoms with Gasteiger partial charge in [0.15, 0.2) is 12.3 Å². The number of rotatable bonds is 6. The van der Waals surface area contributed by atoms with Crippen molar-refractivity contribution in [3.05, 3.63) is 41.7 Å². The number of ether oxygens (including phenoxy) is 1. The van der Waals surface area contributed by atoms with Crippen molar-refractivity contribution < 1.29 is 14.3 Å². The number of hydrogen-bond donors (Lipinski definition) is 0. The molecule has 134 valence electrons. The minimum absolute atomic E-state index is 0.0342. The monoisotopic (exact) mass is 344 g/mol. The minimum Gasteiger partial charge on any atom is -0.451 e. The first-order chi connectivity index (χ1) is 11.8. The number of carbonyl (C=O) groups is 2. The van der Waals surface area contributed by atoms with Crippen LogP contribution in [-0.2, 0) is 9.53 Å². The molecule has 0 radical (unpaired) electrons. The van der Waals surface area contributed by atoms with Crippen molar-refractivity contribution in [3.8, 4) is 5.69 Å². The fourth-order valence-electron chi connectivity index (χ4n) is 2.69. The minimum atomic E-state index is -0.652. The maximum absolute atomic E-state index is 12.3. The lowest BCUT2D eigenvalue weighted by molar-refractivity contribution is -0.138. The van der Waals surface area contributed by atoms with Gasteiger partial charge in [-0.25, -0.2) is 4.79 Å². The molecule has 0 N–H and O–H groups in total. The van der Waals surface area contributed by atoms with Gasteiger partial charge in [-0.15, -0.1) is 5.10 Å². The number of hydrogen-bond acceptors (Lipinski definition) is 5. The maximum atomic E-state index is 12.3. The van der Waals surface area contributed by atoms with Gasteiger partial charge in [0.25, 0.3) is 5.91 Å². The third kappa shape index (κ3) is 4.43. The summed E-state index contributed by atoms with van der Waals surface area (Å²) >= 11 is 0. The highest BCUT2D eigenvalue weighted by Crippen LogP contribution is 2.10. The Balaban J connectivity index is 2.07. The van der Waals surface area contributed by atoms with Crippen LogP contribution in [0.25, 0.3) is 5.69 Å². The quantitative estimate of drug-likeness (QED) is 0.752. The van der Waals surface area contributed by atoms with E-state index >= 15 is 0 Å². The maximum Gasteiger partial charge on any atom is 0.361 e. The number of aryl methyl sites for hydroxylation is 1. The summed E-state index contributed by atoms with van der Waals surface area (Å²) in [7, 11) is 0. The molecule has 7 nitrogen and oxygen atoms in total. The summed E-state index contributed by atoms with van der Waals surface area (Å²) in [4.78, 5) is 27.6. The molecule has 0 aliphatic rings. The molecule has 0 bridgehead atoms. The molecule has 0 saturated heterocycles. The second-order valence-electron chi connectivity index (χ2n) is 6.32. The zero-order valence-corrected chi connectivity index (χ0v) is 15.3. The molecule has 7 heteroatoms. The van der Waals surface area contributed by atoms with Gasteiger partial charge in [-0.05, 0) is 46.8 Å². The Morgan fingerprint density at radius 3 is 2.24 bits per heavy atom. The highest BCUT2D eigenvalue weighted by atomic mass is 16.5. The van der Waals surface area contributed by atoms with Crippen LogP contribution in [0.15, 0.2) is 30.3 Å². The van der Waals surface area contributed by atoms with Gasteiger partial charge in [0.2, 0.25) is 0 Å². The van der Waals surface area contributed by atoms with E-state index in [1.54, 1.807) is 11.8 Å². The van der Waals surface area contributed by atoms with Gasteiger partial charge in [0.1, 0.15) is 0 Å². The second-order valence-corrected chi connectivity index (χ2v) is 6.32. The van der Waals surface area contributed by atoms with Crippen LogP contribution < -0.4 is 0 Å². The van der Waals surface area contributed by atoms with Crippen molar-refractivity contribution >= 4 is 11.9 Å². The molecule has 0 aliphatic carbocycles. The van der Waals surface area contributed by atoms with E-state index in [1.165, 1.54) is 4.80 Å². The van der Waals surface area contributed by atoms with Crippen LogP contribution in [0.5, 0.6) is 0 Å². The molecule has 25 heavy (non-hydrogen) atoms. The SMILES string of the molecule is Cc1nn(-c2ccccc2)nc1C(=O)OCC(=O)N(C(C)C)C(C)C.